The molecule has 92 valence electrons. The third kappa shape index (κ3) is 3.09. The van der Waals surface area contributed by atoms with Crippen molar-refractivity contribution < 1.29 is 14.6 Å². The average molecular weight is 228 g/mol. The fourth-order valence-electron chi connectivity index (χ4n) is 2.39. The minimum absolute atomic E-state index is 0.110. The van der Waals surface area contributed by atoms with Crippen molar-refractivity contribution in [2.75, 3.05) is 39.3 Å². The van der Waals surface area contributed by atoms with Crippen LogP contribution >= 0.6 is 0 Å². The lowest BCUT2D eigenvalue weighted by Gasteiger charge is -2.17. The molecule has 2 aliphatic rings. The van der Waals surface area contributed by atoms with Crippen LogP contribution in [0.15, 0.2) is 0 Å². The van der Waals surface area contributed by atoms with E-state index in [4.69, 9.17) is 9.84 Å². The van der Waals surface area contributed by atoms with Crippen molar-refractivity contribution in [2.24, 2.45) is 0 Å². The molecule has 0 saturated carbocycles. The van der Waals surface area contributed by atoms with E-state index in [1.807, 2.05) is 0 Å². The predicted octanol–water partition coefficient (Wildman–Crippen LogP) is 0.851. The van der Waals surface area contributed by atoms with E-state index in [0.717, 1.165) is 19.6 Å². The summed E-state index contributed by atoms with van der Waals surface area (Å²) in [6, 6.07) is 0. The van der Waals surface area contributed by atoms with Gasteiger partial charge >= 0.3 is 6.09 Å². The summed E-state index contributed by atoms with van der Waals surface area (Å²) in [5.74, 6) is 0. The standard InChI is InChI=1S/C11H20N2O3/c14-11(15)13-6-3-10(9-13)16-8-7-12-4-1-2-5-12/h10H,1-9H2,(H,14,15). The van der Waals surface area contributed by atoms with Gasteiger partial charge in [0.15, 0.2) is 0 Å². The molecule has 5 nitrogen and oxygen atoms in total. The van der Waals surface area contributed by atoms with Crippen molar-refractivity contribution in [1.29, 1.82) is 0 Å². The van der Waals surface area contributed by atoms with Crippen LogP contribution in [0.2, 0.25) is 0 Å². The molecule has 1 atom stereocenters. The van der Waals surface area contributed by atoms with Gasteiger partial charge in [0.25, 0.3) is 0 Å². The molecule has 16 heavy (non-hydrogen) atoms. The van der Waals surface area contributed by atoms with Crippen LogP contribution in [0, 0.1) is 0 Å². The summed E-state index contributed by atoms with van der Waals surface area (Å²) in [7, 11) is 0. The van der Waals surface area contributed by atoms with Crippen LogP contribution in [0.3, 0.4) is 0 Å². The molecule has 0 radical (unpaired) electrons. The predicted molar refractivity (Wildman–Crippen MR) is 59.6 cm³/mol. The van der Waals surface area contributed by atoms with Crippen molar-refractivity contribution in [2.45, 2.75) is 25.4 Å². The molecular weight excluding hydrogens is 208 g/mol. The van der Waals surface area contributed by atoms with Crippen LogP contribution in [-0.4, -0.2) is 66.4 Å². The largest absolute Gasteiger partial charge is 0.465 e. The fourth-order valence-corrected chi connectivity index (χ4v) is 2.39. The van der Waals surface area contributed by atoms with Gasteiger partial charge in [0.05, 0.1) is 19.3 Å². The molecule has 5 heteroatoms. The number of ether oxygens (including phenoxy) is 1. The Hall–Kier alpha value is -0.810. The lowest BCUT2D eigenvalue weighted by molar-refractivity contribution is 0.0463. The van der Waals surface area contributed by atoms with E-state index in [2.05, 4.69) is 4.90 Å². The second-order valence-corrected chi connectivity index (χ2v) is 4.56. The van der Waals surface area contributed by atoms with E-state index < -0.39 is 6.09 Å². The summed E-state index contributed by atoms with van der Waals surface area (Å²) in [6.07, 6.45) is 2.72. The van der Waals surface area contributed by atoms with E-state index in [1.165, 1.54) is 30.8 Å². The second kappa shape index (κ2) is 5.50. The van der Waals surface area contributed by atoms with Crippen LogP contribution in [0.4, 0.5) is 4.79 Å². The zero-order chi connectivity index (χ0) is 11.4. The van der Waals surface area contributed by atoms with Crippen molar-refractivity contribution in [1.82, 2.24) is 9.80 Å². The van der Waals surface area contributed by atoms with Gasteiger partial charge in [-0.1, -0.05) is 0 Å². The highest BCUT2D eigenvalue weighted by molar-refractivity contribution is 5.65. The molecule has 1 unspecified atom stereocenters. The smallest absolute Gasteiger partial charge is 0.407 e. The van der Waals surface area contributed by atoms with Gasteiger partial charge in [-0.3, -0.25) is 0 Å². The van der Waals surface area contributed by atoms with Crippen LogP contribution in [-0.2, 0) is 4.74 Å². The zero-order valence-electron chi connectivity index (χ0n) is 9.60. The van der Waals surface area contributed by atoms with Crippen molar-refractivity contribution in [3.05, 3.63) is 0 Å². The first-order chi connectivity index (χ1) is 7.75. The SMILES string of the molecule is O=C(O)N1CCC(OCCN2CCCC2)C1. The zero-order valence-corrected chi connectivity index (χ0v) is 9.60. The normalized spacial score (nSPS) is 26.5. The Bertz CT molecular complexity index is 241. The van der Waals surface area contributed by atoms with E-state index >= 15 is 0 Å². The minimum Gasteiger partial charge on any atom is -0.465 e. The van der Waals surface area contributed by atoms with E-state index in [1.54, 1.807) is 0 Å². The van der Waals surface area contributed by atoms with Crippen LogP contribution in [0.1, 0.15) is 19.3 Å². The van der Waals surface area contributed by atoms with E-state index in [0.29, 0.717) is 13.1 Å². The topological polar surface area (TPSA) is 53.0 Å². The Morgan fingerprint density at radius 3 is 2.69 bits per heavy atom. The minimum atomic E-state index is -0.828. The first-order valence-electron chi connectivity index (χ1n) is 6.07. The molecule has 1 amide bonds. The number of hydrogen-bond donors (Lipinski definition) is 1. The Balaban J connectivity index is 1.58. The summed E-state index contributed by atoms with van der Waals surface area (Å²) in [5, 5.41) is 8.79. The summed E-state index contributed by atoms with van der Waals surface area (Å²) >= 11 is 0. The van der Waals surface area contributed by atoms with Gasteiger partial charge in [-0.15, -0.1) is 0 Å². The maximum absolute atomic E-state index is 10.7. The number of carbonyl (C=O) groups is 1. The van der Waals surface area contributed by atoms with Gasteiger partial charge in [0, 0.05) is 13.1 Å². The summed E-state index contributed by atoms with van der Waals surface area (Å²) in [4.78, 5) is 14.5. The average Bonchev–Trinajstić information content (AvgIpc) is 2.87. The highest BCUT2D eigenvalue weighted by atomic mass is 16.5. The van der Waals surface area contributed by atoms with Gasteiger partial charge in [-0.25, -0.2) is 4.79 Å². The Kier molecular flexibility index (Phi) is 4.01. The summed E-state index contributed by atoms with van der Waals surface area (Å²) < 4.78 is 5.70. The van der Waals surface area contributed by atoms with Gasteiger partial charge in [0.2, 0.25) is 0 Å². The summed E-state index contributed by atoms with van der Waals surface area (Å²) in [6.45, 7) is 5.26. The Labute approximate surface area is 96.0 Å². The van der Waals surface area contributed by atoms with Crippen LogP contribution < -0.4 is 0 Å². The molecule has 0 aromatic rings. The molecular formula is C11H20N2O3. The highest BCUT2D eigenvalue weighted by Crippen LogP contribution is 2.13. The van der Waals surface area contributed by atoms with Gasteiger partial charge < -0.3 is 19.6 Å². The monoisotopic (exact) mass is 228 g/mol. The number of rotatable bonds is 4. The lowest BCUT2D eigenvalue weighted by atomic mass is 10.3. The second-order valence-electron chi connectivity index (χ2n) is 4.56. The number of likely N-dealkylation sites (tertiary alicyclic amines) is 2. The van der Waals surface area contributed by atoms with Crippen LogP contribution in [0.25, 0.3) is 0 Å². The van der Waals surface area contributed by atoms with Crippen LogP contribution in [0.5, 0.6) is 0 Å². The summed E-state index contributed by atoms with van der Waals surface area (Å²) in [5.41, 5.74) is 0. The molecule has 0 bridgehead atoms. The van der Waals surface area contributed by atoms with Crippen molar-refractivity contribution in [3.8, 4) is 0 Å². The van der Waals surface area contributed by atoms with Crippen molar-refractivity contribution in [3.63, 3.8) is 0 Å². The van der Waals surface area contributed by atoms with E-state index in [9.17, 15) is 4.79 Å². The third-order valence-electron chi connectivity index (χ3n) is 3.38. The Morgan fingerprint density at radius 2 is 2.06 bits per heavy atom. The molecule has 2 rings (SSSR count). The van der Waals surface area contributed by atoms with Gasteiger partial charge in [-0.2, -0.15) is 0 Å². The first kappa shape index (κ1) is 11.7. The maximum Gasteiger partial charge on any atom is 0.407 e. The third-order valence-corrected chi connectivity index (χ3v) is 3.38. The molecule has 1 N–H and O–H groups in total. The molecule has 0 aliphatic carbocycles. The highest BCUT2D eigenvalue weighted by Gasteiger charge is 2.26. The van der Waals surface area contributed by atoms with Gasteiger partial charge in [0.1, 0.15) is 0 Å². The number of amides is 1. The van der Waals surface area contributed by atoms with Crippen molar-refractivity contribution >= 4 is 6.09 Å². The molecule has 2 saturated heterocycles. The lowest BCUT2D eigenvalue weighted by Crippen LogP contribution is -2.30. The first-order valence-corrected chi connectivity index (χ1v) is 6.07. The molecule has 2 heterocycles. The molecule has 0 aromatic heterocycles. The molecule has 0 spiro atoms. The fraction of sp³-hybridized carbons (Fsp3) is 0.909. The quantitative estimate of drug-likeness (QED) is 0.775. The van der Waals surface area contributed by atoms with E-state index in [-0.39, 0.29) is 6.10 Å². The molecule has 2 aliphatic heterocycles. The molecule has 2 fully saturated rings. The number of nitrogens with zero attached hydrogens (tertiary/aromatic N) is 2. The molecule has 0 aromatic carbocycles. The Morgan fingerprint density at radius 1 is 1.31 bits per heavy atom. The number of hydrogen-bond acceptors (Lipinski definition) is 3. The number of carboxylic acid groups (broad SMARTS) is 1. The van der Waals surface area contributed by atoms with Gasteiger partial charge in [-0.05, 0) is 32.4 Å². The maximum atomic E-state index is 10.7.